The lowest BCUT2D eigenvalue weighted by atomic mass is 10.0. The maximum absolute atomic E-state index is 13.0. The second-order valence-corrected chi connectivity index (χ2v) is 10.4. The van der Waals surface area contributed by atoms with Crippen molar-refractivity contribution in [3.63, 3.8) is 0 Å². The molecule has 4 rings (SSSR count). The van der Waals surface area contributed by atoms with Crippen molar-refractivity contribution in [3.8, 4) is 0 Å². The largest absolute Gasteiger partial charge is 0.344 e. The molecule has 9 nitrogen and oxygen atoms in total. The number of nitro benzene ring substituents is 1. The fraction of sp³-hybridized carbons (Fsp3) is 0.300. The van der Waals surface area contributed by atoms with Gasteiger partial charge in [-0.1, -0.05) is 48.9 Å². The van der Waals surface area contributed by atoms with Gasteiger partial charge in [-0.2, -0.15) is 8.68 Å². The van der Waals surface area contributed by atoms with Gasteiger partial charge in [0.15, 0.2) is 5.82 Å². The summed E-state index contributed by atoms with van der Waals surface area (Å²) in [6.07, 6.45) is 0. The van der Waals surface area contributed by atoms with Crippen molar-refractivity contribution in [2.75, 3.05) is 31.1 Å². The molecule has 2 aromatic carbocycles. The number of rotatable bonds is 6. The van der Waals surface area contributed by atoms with E-state index >= 15 is 0 Å². The van der Waals surface area contributed by atoms with E-state index in [0.717, 1.165) is 22.6 Å². The summed E-state index contributed by atoms with van der Waals surface area (Å²) in [5, 5.41) is 11.8. The average Bonchev–Trinajstić information content (AvgIpc) is 3.29. The van der Waals surface area contributed by atoms with Crippen molar-refractivity contribution in [2.45, 2.75) is 17.7 Å². The van der Waals surface area contributed by atoms with Crippen LogP contribution in [0, 0.1) is 10.1 Å². The fourth-order valence-corrected chi connectivity index (χ4v) is 5.92. The molecule has 1 saturated heterocycles. The standard InChI is InChI=1S/C20H20ClN5O4S2/c1-14(15-5-3-2-4-6-15)19-22-20(31-23-19)24-9-11-25(12-10-24)32(29,30)16-7-8-17(21)18(13-16)26(27)28/h2-8,13-14H,9-12H2,1H3. The molecule has 0 N–H and O–H groups in total. The van der Waals surface area contributed by atoms with Crippen molar-refractivity contribution in [1.82, 2.24) is 13.7 Å². The molecule has 2 heterocycles. The van der Waals surface area contributed by atoms with Crippen molar-refractivity contribution in [2.24, 2.45) is 0 Å². The predicted molar refractivity (Wildman–Crippen MR) is 123 cm³/mol. The highest BCUT2D eigenvalue weighted by Crippen LogP contribution is 2.30. The van der Waals surface area contributed by atoms with Crippen LogP contribution in [0.5, 0.6) is 0 Å². The van der Waals surface area contributed by atoms with Gasteiger partial charge in [-0.3, -0.25) is 10.1 Å². The number of sulfonamides is 1. The maximum atomic E-state index is 13.0. The lowest BCUT2D eigenvalue weighted by Crippen LogP contribution is -2.48. The Kier molecular flexibility index (Phi) is 6.42. The van der Waals surface area contributed by atoms with Crippen LogP contribution in [0.25, 0.3) is 0 Å². The third kappa shape index (κ3) is 4.46. The van der Waals surface area contributed by atoms with Crippen LogP contribution in [-0.2, 0) is 10.0 Å². The van der Waals surface area contributed by atoms with Gasteiger partial charge in [0.05, 0.1) is 9.82 Å². The van der Waals surface area contributed by atoms with E-state index in [1.54, 1.807) is 0 Å². The van der Waals surface area contributed by atoms with E-state index in [4.69, 9.17) is 11.6 Å². The normalized spacial score (nSPS) is 16.1. The molecule has 1 fully saturated rings. The monoisotopic (exact) mass is 493 g/mol. The van der Waals surface area contributed by atoms with Gasteiger partial charge in [0.25, 0.3) is 5.69 Å². The highest BCUT2D eigenvalue weighted by atomic mass is 35.5. The molecule has 0 spiro atoms. The second-order valence-electron chi connectivity index (χ2n) is 7.33. The minimum absolute atomic E-state index is 0.0589. The Morgan fingerprint density at radius 3 is 2.47 bits per heavy atom. The topological polar surface area (TPSA) is 110 Å². The first-order chi connectivity index (χ1) is 15.3. The summed E-state index contributed by atoms with van der Waals surface area (Å²) in [4.78, 5) is 17.0. The fourth-order valence-electron chi connectivity index (χ4n) is 3.48. The van der Waals surface area contributed by atoms with E-state index in [2.05, 4.69) is 16.3 Å². The van der Waals surface area contributed by atoms with Crippen LogP contribution in [0.15, 0.2) is 53.4 Å². The van der Waals surface area contributed by atoms with Crippen molar-refractivity contribution in [3.05, 3.63) is 75.1 Å². The maximum Gasteiger partial charge on any atom is 0.289 e. The van der Waals surface area contributed by atoms with Crippen LogP contribution in [-0.4, -0.2) is 53.2 Å². The van der Waals surface area contributed by atoms with E-state index in [9.17, 15) is 18.5 Å². The van der Waals surface area contributed by atoms with Gasteiger partial charge in [0, 0.05) is 49.7 Å². The van der Waals surface area contributed by atoms with E-state index in [-0.39, 0.29) is 28.9 Å². The first-order valence-electron chi connectivity index (χ1n) is 9.85. The molecule has 0 aliphatic carbocycles. The van der Waals surface area contributed by atoms with Gasteiger partial charge in [-0.25, -0.2) is 13.4 Å². The third-order valence-corrected chi connectivity index (χ3v) is 8.38. The van der Waals surface area contributed by atoms with Crippen LogP contribution in [0.1, 0.15) is 24.2 Å². The summed E-state index contributed by atoms with van der Waals surface area (Å²) in [6.45, 7) is 3.42. The van der Waals surface area contributed by atoms with Gasteiger partial charge in [0.1, 0.15) is 5.02 Å². The summed E-state index contributed by atoms with van der Waals surface area (Å²) in [6, 6.07) is 13.5. The molecule has 3 aromatic rings. The van der Waals surface area contributed by atoms with E-state index in [1.807, 2.05) is 35.2 Å². The molecule has 1 unspecified atom stereocenters. The Morgan fingerprint density at radius 1 is 1.12 bits per heavy atom. The predicted octanol–water partition coefficient (Wildman–Crippen LogP) is 3.76. The van der Waals surface area contributed by atoms with Gasteiger partial charge < -0.3 is 4.90 Å². The number of halogens is 1. The highest BCUT2D eigenvalue weighted by Gasteiger charge is 2.31. The number of nitrogens with zero attached hydrogens (tertiary/aromatic N) is 5. The summed E-state index contributed by atoms with van der Waals surface area (Å²) in [7, 11) is -3.87. The van der Waals surface area contributed by atoms with Gasteiger partial charge >= 0.3 is 0 Å². The van der Waals surface area contributed by atoms with Crippen LogP contribution in [0.4, 0.5) is 10.8 Å². The van der Waals surface area contributed by atoms with E-state index in [1.165, 1.54) is 28.0 Å². The Balaban J connectivity index is 1.45. The van der Waals surface area contributed by atoms with Crippen molar-refractivity contribution < 1.29 is 13.3 Å². The number of benzene rings is 2. The molecule has 32 heavy (non-hydrogen) atoms. The molecule has 168 valence electrons. The van der Waals surface area contributed by atoms with E-state index < -0.39 is 20.6 Å². The summed E-state index contributed by atoms with van der Waals surface area (Å²) >= 11 is 7.11. The number of hydrogen-bond donors (Lipinski definition) is 0. The van der Waals surface area contributed by atoms with Gasteiger partial charge in [-0.15, -0.1) is 0 Å². The molecule has 1 atom stereocenters. The van der Waals surface area contributed by atoms with Crippen molar-refractivity contribution >= 4 is 44.0 Å². The zero-order valence-corrected chi connectivity index (χ0v) is 19.5. The molecule has 1 aliphatic rings. The van der Waals surface area contributed by atoms with Gasteiger partial charge in [-0.05, 0) is 17.7 Å². The molecule has 0 saturated carbocycles. The summed E-state index contributed by atoms with van der Waals surface area (Å²) in [5.41, 5.74) is 0.699. The Bertz CT molecular complexity index is 1230. The zero-order valence-electron chi connectivity index (χ0n) is 17.1. The molecular weight excluding hydrogens is 474 g/mol. The minimum Gasteiger partial charge on any atom is -0.344 e. The lowest BCUT2D eigenvalue weighted by molar-refractivity contribution is -0.384. The highest BCUT2D eigenvalue weighted by molar-refractivity contribution is 7.89. The Hall–Kier alpha value is -2.60. The minimum atomic E-state index is -3.87. The molecule has 1 aromatic heterocycles. The number of piperazine rings is 1. The van der Waals surface area contributed by atoms with E-state index in [0.29, 0.717) is 13.1 Å². The molecular formula is C20H20ClN5O4S2. The molecule has 1 aliphatic heterocycles. The second kappa shape index (κ2) is 9.10. The van der Waals surface area contributed by atoms with Crippen molar-refractivity contribution in [1.29, 1.82) is 0 Å². The Labute approximate surface area is 194 Å². The van der Waals surface area contributed by atoms with Gasteiger partial charge in [0.2, 0.25) is 15.2 Å². The number of nitro groups is 1. The number of anilines is 1. The smallest absolute Gasteiger partial charge is 0.289 e. The number of aromatic nitrogens is 2. The van der Waals surface area contributed by atoms with Crippen LogP contribution < -0.4 is 4.90 Å². The lowest BCUT2D eigenvalue weighted by Gasteiger charge is -2.33. The third-order valence-electron chi connectivity index (χ3n) is 5.38. The first kappa shape index (κ1) is 22.6. The Morgan fingerprint density at radius 2 is 1.81 bits per heavy atom. The molecule has 0 bridgehead atoms. The quantitative estimate of drug-likeness (QED) is 0.379. The van der Waals surface area contributed by atoms with Crippen LogP contribution >= 0.6 is 23.1 Å². The molecule has 0 amide bonds. The zero-order chi connectivity index (χ0) is 22.9. The SMILES string of the molecule is CC(c1ccccc1)c1nsc(N2CCN(S(=O)(=O)c3ccc(Cl)c([N+](=O)[O-])c3)CC2)n1. The summed E-state index contributed by atoms with van der Waals surface area (Å²) in [5.74, 6) is 0.795. The van der Waals surface area contributed by atoms with Crippen LogP contribution in [0.3, 0.4) is 0 Å². The first-order valence-corrected chi connectivity index (χ1v) is 12.4. The number of hydrogen-bond acceptors (Lipinski definition) is 8. The summed E-state index contributed by atoms with van der Waals surface area (Å²) < 4.78 is 31.8. The van der Waals surface area contributed by atoms with Crippen LogP contribution in [0.2, 0.25) is 5.02 Å². The molecule has 12 heteroatoms. The molecule has 0 radical (unpaired) electrons. The average molecular weight is 494 g/mol.